The second-order valence-electron chi connectivity index (χ2n) is 17.0. The molecule has 7 aromatic carbocycles. The van der Waals surface area contributed by atoms with Crippen molar-refractivity contribution in [3.05, 3.63) is 175 Å². The second kappa shape index (κ2) is 14.0. The van der Waals surface area contributed by atoms with Crippen LogP contribution in [0.5, 0.6) is 0 Å². The molecule has 4 bridgehead atoms. The fourth-order valence-electron chi connectivity index (χ4n) is 10.9. The van der Waals surface area contributed by atoms with E-state index in [4.69, 9.17) is 15.0 Å². The van der Waals surface area contributed by atoms with Gasteiger partial charge in [0.25, 0.3) is 0 Å². The number of nitriles is 1. The molecule has 0 atom stereocenters. The number of hydrogen-bond acceptors (Lipinski definition) is 4. The molecule has 0 aliphatic heterocycles. The summed E-state index contributed by atoms with van der Waals surface area (Å²) in [6.45, 7) is 0. The van der Waals surface area contributed by atoms with Crippen molar-refractivity contribution >= 4 is 10.8 Å². The smallest absolute Gasteiger partial charge is 0.164 e. The summed E-state index contributed by atoms with van der Waals surface area (Å²) in [6, 6.07) is 59.9. The molecule has 0 amide bonds. The summed E-state index contributed by atoms with van der Waals surface area (Å²) in [7, 11) is 0. The highest BCUT2D eigenvalue weighted by Crippen LogP contribution is 2.60. The first kappa shape index (κ1) is 34.5. The highest BCUT2D eigenvalue weighted by molar-refractivity contribution is 5.99. The standard InChI is InChI=1S/C54H42N4/c55-34-35-15-17-41(18-16-35)45-27-44(39-9-3-1-4-10-39)28-47(29-45)52-56-51(42-19-21-48(22-20-42)54-31-36-23-37(32-54)25-38(24-36)33-54)57-53(58-52)50-30-46(40-11-5-2-6-12-40)26-43-13-7-8-14-49(43)50/h1-22,26-30,36-38H,23-25,31-33H2/t36-,37-,38-,54?. The maximum absolute atomic E-state index is 9.53. The molecule has 12 rings (SSSR count). The van der Waals surface area contributed by atoms with E-state index in [1.807, 2.05) is 30.3 Å². The predicted octanol–water partition coefficient (Wildman–Crippen LogP) is 13.4. The van der Waals surface area contributed by atoms with Crippen LogP contribution in [0.1, 0.15) is 49.7 Å². The van der Waals surface area contributed by atoms with Crippen LogP contribution in [0.2, 0.25) is 0 Å². The van der Waals surface area contributed by atoms with Gasteiger partial charge in [-0.25, -0.2) is 15.0 Å². The largest absolute Gasteiger partial charge is 0.208 e. The van der Waals surface area contributed by atoms with Crippen molar-refractivity contribution in [3.63, 3.8) is 0 Å². The molecular weight excluding hydrogens is 705 g/mol. The van der Waals surface area contributed by atoms with E-state index in [-0.39, 0.29) is 0 Å². The maximum atomic E-state index is 9.53. The number of aromatic nitrogens is 3. The molecule has 0 unspecified atom stereocenters. The van der Waals surface area contributed by atoms with E-state index >= 15 is 0 Å². The van der Waals surface area contributed by atoms with Crippen LogP contribution in [-0.4, -0.2) is 15.0 Å². The summed E-state index contributed by atoms with van der Waals surface area (Å²) in [5, 5.41) is 11.8. The number of benzene rings is 7. The minimum atomic E-state index is 0.319. The number of hydrogen-bond donors (Lipinski definition) is 0. The lowest BCUT2D eigenvalue weighted by atomic mass is 9.48. The maximum Gasteiger partial charge on any atom is 0.164 e. The van der Waals surface area contributed by atoms with Crippen LogP contribution in [0.3, 0.4) is 0 Å². The van der Waals surface area contributed by atoms with Gasteiger partial charge in [-0.15, -0.1) is 0 Å². The molecule has 4 aliphatic rings. The lowest BCUT2D eigenvalue weighted by Crippen LogP contribution is -2.48. The van der Waals surface area contributed by atoms with Crippen molar-refractivity contribution in [3.8, 4) is 73.6 Å². The second-order valence-corrected chi connectivity index (χ2v) is 17.0. The van der Waals surface area contributed by atoms with Gasteiger partial charge in [0.1, 0.15) is 0 Å². The Labute approximate surface area is 340 Å². The van der Waals surface area contributed by atoms with E-state index in [9.17, 15) is 5.26 Å². The van der Waals surface area contributed by atoms with Crippen LogP contribution in [0.25, 0.3) is 78.3 Å². The van der Waals surface area contributed by atoms with Crippen LogP contribution in [-0.2, 0) is 5.41 Å². The van der Waals surface area contributed by atoms with E-state index in [0.29, 0.717) is 28.5 Å². The molecule has 0 saturated heterocycles. The fraction of sp³-hybridized carbons (Fsp3) is 0.185. The zero-order chi connectivity index (χ0) is 38.6. The molecule has 1 aromatic heterocycles. The van der Waals surface area contributed by atoms with Gasteiger partial charge < -0.3 is 0 Å². The molecule has 4 heteroatoms. The minimum absolute atomic E-state index is 0.319. The van der Waals surface area contributed by atoms with Gasteiger partial charge in [0.05, 0.1) is 11.6 Å². The lowest BCUT2D eigenvalue weighted by molar-refractivity contribution is -0.00518. The molecular formula is C54H42N4. The SMILES string of the molecule is N#Cc1ccc(-c2cc(-c3ccccc3)cc(-c3nc(-c4ccc(C56C[C@H]7C[C@H](C5)C[C@@H](C6)C7)cc4)nc(-c4cc(-c5ccccc5)cc5ccccc45)n3)c2)cc1. The summed E-state index contributed by atoms with van der Waals surface area (Å²) in [5.41, 5.74) is 11.8. The Kier molecular flexibility index (Phi) is 8.36. The van der Waals surface area contributed by atoms with Crippen molar-refractivity contribution < 1.29 is 0 Å². The topological polar surface area (TPSA) is 62.5 Å². The van der Waals surface area contributed by atoms with Crippen molar-refractivity contribution in [2.45, 2.75) is 43.9 Å². The summed E-state index contributed by atoms with van der Waals surface area (Å²) < 4.78 is 0. The summed E-state index contributed by atoms with van der Waals surface area (Å²) in [5.74, 6) is 4.60. The molecule has 4 aliphatic carbocycles. The average molecular weight is 747 g/mol. The predicted molar refractivity (Wildman–Crippen MR) is 235 cm³/mol. The molecule has 4 nitrogen and oxygen atoms in total. The van der Waals surface area contributed by atoms with Crippen LogP contribution < -0.4 is 0 Å². The Morgan fingerprint density at radius 1 is 0.431 bits per heavy atom. The first-order valence-corrected chi connectivity index (χ1v) is 20.7. The van der Waals surface area contributed by atoms with Crippen molar-refractivity contribution in [2.24, 2.45) is 17.8 Å². The van der Waals surface area contributed by atoms with Gasteiger partial charge in [0.2, 0.25) is 0 Å². The molecule has 0 radical (unpaired) electrons. The quantitative estimate of drug-likeness (QED) is 0.163. The Morgan fingerprint density at radius 2 is 0.914 bits per heavy atom. The molecule has 0 N–H and O–H groups in total. The highest BCUT2D eigenvalue weighted by Gasteiger charge is 2.51. The zero-order valence-electron chi connectivity index (χ0n) is 32.4. The van der Waals surface area contributed by atoms with Gasteiger partial charge >= 0.3 is 0 Å². The Bertz CT molecular complexity index is 2820. The number of nitrogens with zero attached hydrogens (tertiary/aromatic N) is 4. The van der Waals surface area contributed by atoms with E-state index in [0.717, 1.165) is 78.6 Å². The first-order chi connectivity index (χ1) is 28.6. The Balaban J connectivity index is 1.10. The minimum Gasteiger partial charge on any atom is -0.208 e. The summed E-state index contributed by atoms with van der Waals surface area (Å²) in [4.78, 5) is 16.0. The molecule has 4 fully saturated rings. The van der Waals surface area contributed by atoms with Gasteiger partial charge in [-0.2, -0.15) is 5.26 Å². The van der Waals surface area contributed by atoms with Gasteiger partial charge in [0.15, 0.2) is 17.5 Å². The summed E-state index contributed by atoms with van der Waals surface area (Å²) >= 11 is 0. The van der Waals surface area contributed by atoms with Crippen LogP contribution in [0.15, 0.2) is 164 Å². The molecule has 1 heterocycles. The van der Waals surface area contributed by atoms with Crippen molar-refractivity contribution in [1.82, 2.24) is 15.0 Å². The Hall–Kier alpha value is -6.70. The third-order valence-electron chi connectivity index (χ3n) is 13.3. The van der Waals surface area contributed by atoms with Gasteiger partial charge in [-0.05, 0) is 154 Å². The van der Waals surface area contributed by atoms with Crippen LogP contribution in [0.4, 0.5) is 0 Å². The molecule has 278 valence electrons. The first-order valence-electron chi connectivity index (χ1n) is 20.7. The van der Waals surface area contributed by atoms with Crippen molar-refractivity contribution in [2.75, 3.05) is 0 Å². The third kappa shape index (κ3) is 6.28. The van der Waals surface area contributed by atoms with E-state index in [1.54, 1.807) is 0 Å². The van der Waals surface area contributed by atoms with Gasteiger partial charge in [0, 0.05) is 16.7 Å². The molecule has 4 saturated carbocycles. The van der Waals surface area contributed by atoms with E-state index < -0.39 is 0 Å². The third-order valence-corrected chi connectivity index (χ3v) is 13.3. The summed E-state index contributed by atoms with van der Waals surface area (Å²) in [6.07, 6.45) is 8.32. The van der Waals surface area contributed by atoms with E-state index in [1.165, 1.54) is 44.1 Å². The zero-order valence-corrected chi connectivity index (χ0v) is 32.4. The number of fused-ring (bicyclic) bond motifs is 1. The molecule has 8 aromatic rings. The number of rotatable bonds is 7. The lowest BCUT2D eigenvalue weighted by Gasteiger charge is -2.57. The molecule has 0 spiro atoms. The van der Waals surface area contributed by atoms with Gasteiger partial charge in [-0.3, -0.25) is 0 Å². The average Bonchev–Trinajstić information content (AvgIpc) is 3.28. The molecule has 58 heavy (non-hydrogen) atoms. The monoisotopic (exact) mass is 746 g/mol. The normalized spacial score (nSPS) is 20.6. The van der Waals surface area contributed by atoms with Crippen LogP contribution >= 0.6 is 0 Å². The fourth-order valence-corrected chi connectivity index (χ4v) is 10.9. The highest BCUT2D eigenvalue weighted by atomic mass is 15.0. The van der Waals surface area contributed by atoms with Crippen LogP contribution in [0, 0.1) is 29.1 Å². The van der Waals surface area contributed by atoms with Crippen molar-refractivity contribution in [1.29, 1.82) is 5.26 Å². The van der Waals surface area contributed by atoms with E-state index in [2.05, 4.69) is 140 Å². The Morgan fingerprint density at radius 3 is 1.52 bits per heavy atom. The van der Waals surface area contributed by atoms with Gasteiger partial charge in [-0.1, -0.05) is 121 Å².